The van der Waals surface area contributed by atoms with E-state index in [1.165, 1.54) is 12.1 Å². The number of nitrogens with one attached hydrogen (secondary N) is 1. The van der Waals surface area contributed by atoms with E-state index in [0.717, 1.165) is 10.9 Å². The Morgan fingerprint density at radius 3 is 2.83 bits per heavy atom. The number of hydrogen-bond acceptors (Lipinski definition) is 3. The predicted molar refractivity (Wildman–Crippen MR) is 71.0 cm³/mol. The van der Waals surface area contributed by atoms with Gasteiger partial charge in [-0.3, -0.25) is 4.79 Å². The van der Waals surface area contributed by atoms with Crippen LogP contribution in [0.3, 0.4) is 0 Å². The van der Waals surface area contributed by atoms with Gasteiger partial charge in [-0.25, -0.2) is 4.39 Å². The highest BCUT2D eigenvalue weighted by Crippen LogP contribution is 2.19. The van der Waals surface area contributed by atoms with Crippen molar-refractivity contribution in [3.05, 3.63) is 52.0 Å². The van der Waals surface area contributed by atoms with Crippen LogP contribution in [0.5, 0.6) is 0 Å². The number of rotatable bonds is 3. The molecule has 0 aliphatic heterocycles. The van der Waals surface area contributed by atoms with E-state index in [0.29, 0.717) is 5.69 Å². The van der Waals surface area contributed by atoms with Gasteiger partial charge in [0.2, 0.25) is 0 Å². The molecular weight excluding hydrogens is 251 g/mol. The summed E-state index contributed by atoms with van der Waals surface area (Å²) in [6.45, 7) is 1.86. The number of hydrogen-bond donors (Lipinski definition) is 2. The highest BCUT2D eigenvalue weighted by molar-refractivity contribution is 7.10. The van der Waals surface area contributed by atoms with E-state index in [-0.39, 0.29) is 11.6 Å². The molecule has 0 unspecified atom stereocenters. The minimum absolute atomic E-state index is 0.00704. The van der Waals surface area contributed by atoms with Crippen LogP contribution < -0.4 is 11.1 Å². The lowest BCUT2D eigenvalue weighted by Gasteiger charge is -2.12. The Morgan fingerprint density at radius 2 is 2.22 bits per heavy atom. The van der Waals surface area contributed by atoms with Gasteiger partial charge in [-0.1, -0.05) is 6.07 Å². The van der Waals surface area contributed by atoms with Gasteiger partial charge in [0.15, 0.2) is 0 Å². The first kappa shape index (κ1) is 12.6. The first-order valence-electron chi connectivity index (χ1n) is 5.47. The van der Waals surface area contributed by atoms with Crippen molar-refractivity contribution in [3.8, 4) is 0 Å². The van der Waals surface area contributed by atoms with Crippen LogP contribution in [0.15, 0.2) is 35.7 Å². The van der Waals surface area contributed by atoms with Crippen molar-refractivity contribution in [1.82, 2.24) is 5.32 Å². The van der Waals surface area contributed by atoms with Gasteiger partial charge in [0, 0.05) is 10.6 Å². The third-order valence-electron chi connectivity index (χ3n) is 2.56. The Balaban J connectivity index is 2.12. The summed E-state index contributed by atoms with van der Waals surface area (Å²) < 4.78 is 13.6. The number of thiophene rings is 1. The molecule has 94 valence electrons. The van der Waals surface area contributed by atoms with Gasteiger partial charge in [0.05, 0.1) is 11.6 Å². The third-order valence-corrected chi connectivity index (χ3v) is 3.61. The molecule has 18 heavy (non-hydrogen) atoms. The van der Waals surface area contributed by atoms with Gasteiger partial charge in [-0.15, -0.1) is 11.3 Å². The van der Waals surface area contributed by atoms with Crippen molar-refractivity contribution >= 4 is 22.9 Å². The lowest BCUT2D eigenvalue weighted by Crippen LogP contribution is -2.26. The number of amides is 1. The quantitative estimate of drug-likeness (QED) is 0.837. The van der Waals surface area contributed by atoms with Crippen molar-refractivity contribution in [3.63, 3.8) is 0 Å². The minimum Gasteiger partial charge on any atom is -0.399 e. The lowest BCUT2D eigenvalue weighted by molar-refractivity contribution is 0.0936. The maximum atomic E-state index is 13.6. The monoisotopic (exact) mass is 264 g/mol. The van der Waals surface area contributed by atoms with Crippen molar-refractivity contribution in [2.45, 2.75) is 13.0 Å². The van der Waals surface area contributed by atoms with Crippen molar-refractivity contribution in [1.29, 1.82) is 0 Å². The van der Waals surface area contributed by atoms with Crippen molar-refractivity contribution in [2.24, 2.45) is 0 Å². The normalized spacial score (nSPS) is 12.1. The summed E-state index contributed by atoms with van der Waals surface area (Å²) in [6.07, 6.45) is 0. The summed E-state index contributed by atoms with van der Waals surface area (Å²) in [5, 5.41) is 4.68. The highest BCUT2D eigenvalue weighted by atomic mass is 32.1. The largest absolute Gasteiger partial charge is 0.399 e. The highest BCUT2D eigenvalue weighted by Gasteiger charge is 2.15. The van der Waals surface area contributed by atoms with Crippen LogP contribution in [0.4, 0.5) is 10.1 Å². The van der Waals surface area contributed by atoms with Crippen LogP contribution in [-0.4, -0.2) is 5.91 Å². The molecule has 1 heterocycles. The molecule has 1 amide bonds. The molecule has 0 bridgehead atoms. The van der Waals surface area contributed by atoms with Gasteiger partial charge in [0.1, 0.15) is 5.82 Å². The maximum absolute atomic E-state index is 13.6. The van der Waals surface area contributed by atoms with E-state index in [1.807, 2.05) is 24.4 Å². The number of anilines is 1. The Bertz CT molecular complexity index is 554. The fourth-order valence-corrected chi connectivity index (χ4v) is 2.33. The van der Waals surface area contributed by atoms with Crippen molar-refractivity contribution in [2.75, 3.05) is 5.73 Å². The summed E-state index contributed by atoms with van der Waals surface area (Å²) in [6, 6.07) is 7.73. The van der Waals surface area contributed by atoms with Crippen LogP contribution in [-0.2, 0) is 0 Å². The zero-order chi connectivity index (χ0) is 13.1. The van der Waals surface area contributed by atoms with Crippen LogP contribution >= 0.6 is 11.3 Å². The summed E-state index contributed by atoms with van der Waals surface area (Å²) in [4.78, 5) is 12.9. The molecular formula is C13H13FN2OS. The zero-order valence-electron chi connectivity index (χ0n) is 9.81. The van der Waals surface area contributed by atoms with Crippen LogP contribution in [0.1, 0.15) is 28.2 Å². The molecule has 0 aliphatic rings. The van der Waals surface area contributed by atoms with Crippen LogP contribution in [0, 0.1) is 5.82 Å². The zero-order valence-corrected chi connectivity index (χ0v) is 10.6. The summed E-state index contributed by atoms with van der Waals surface area (Å²) in [7, 11) is 0. The van der Waals surface area contributed by atoms with E-state index in [4.69, 9.17) is 5.73 Å². The number of halogens is 1. The minimum atomic E-state index is -0.606. The van der Waals surface area contributed by atoms with E-state index in [9.17, 15) is 9.18 Å². The van der Waals surface area contributed by atoms with Gasteiger partial charge >= 0.3 is 0 Å². The number of benzene rings is 1. The fraction of sp³-hybridized carbons (Fsp3) is 0.154. The first-order chi connectivity index (χ1) is 8.58. The summed E-state index contributed by atoms with van der Waals surface area (Å²) in [5.41, 5.74) is 5.74. The average Bonchev–Trinajstić information content (AvgIpc) is 2.81. The summed E-state index contributed by atoms with van der Waals surface area (Å²) >= 11 is 1.55. The predicted octanol–water partition coefficient (Wildman–Crippen LogP) is 2.96. The van der Waals surface area contributed by atoms with E-state index >= 15 is 0 Å². The topological polar surface area (TPSA) is 55.1 Å². The smallest absolute Gasteiger partial charge is 0.254 e. The average molecular weight is 264 g/mol. The third kappa shape index (κ3) is 2.68. The number of nitrogen functional groups attached to an aromatic ring is 1. The van der Waals surface area contributed by atoms with Gasteiger partial charge in [-0.2, -0.15) is 0 Å². The first-order valence-corrected chi connectivity index (χ1v) is 6.35. The molecule has 2 rings (SSSR count). The van der Waals surface area contributed by atoms with E-state index in [1.54, 1.807) is 11.3 Å². The Labute approximate surface area is 108 Å². The second-order valence-corrected chi connectivity index (χ2v) is 4.93. The standard InChI is InChI=1S/C13H13FN2OS/c1-8(12-3-2-6-18-12)16-13(17)10-5-4-9(15)7-11(10)14/h2-8H,15H2,1H3,(H,16,17)/t8-/m0/s1. The Morgan fingerprint density at radius 1 is 1.44 bits per heavy atom. The van der Waals surface area contributed by atoms with Crippen molar-refractivity contribution < 1.29 is 9.18 Å². The van der Waals surface area contributed by atoms with Gasteiger partial charge < -0.3 is 11.1 Å². The number of carbonyl (C=O) groups is 1. The molecule has 0 radical (unpaired) electrons. The molecule has 5 heteroatoms. The SMILES string of the molecule is C[C@H](NC(=O)c1ccc(N)cc1F)c1cccs1. The van der Waals surface area contributed by atoms with E-state index < -0.39 is 11.7 Å². The van der Waals surface area contributed by atoms with Gasteiger partial charge in [-0.05, 0) is 36.6 Å². The lowest BCUT2D eigenvalue weighted by atomic mass is 10.1. The molecule has 3 nitrogen and oxygen atoms in total. The van der Waals surface area contributed by atoms with Crippen LogP contribution in [0.25, 0.3) is 0 Å². The van der Waals surface area contributed by atoms with E-state index in [2.05, 4.69) is 5.32 Å². The molecule has 1 aromatic carbocycles. The molecule has 2 aromatic rings. The van der Waals surface area contributed by atoms with Gasteiger partial charge in [0.25, 0.3) is 5.91 Å². The second kappa shape index (κ2) is 5.18. The molecule has 1 aromatic heterocycles. The molecule has 0 saturated carbocycles. The fourth-order valence-electron chi connectivity index (χ4n) is 1.60. The molecule has 0 aliphatic carbocycles. The number of carbonyl (C=O) groups excluding carboxylic acids is 1. The molecule has 1 atom stereocenters. The number of nitrogens with two attached hydrogens (primary N) is 1. The summed E-state index contributed by atoms with van der Waals surface area (Å²) in [5.74, 6) is -1.04. The Hall–Kier alpha value is -1.88. The molecule has 0 fully saturated rings. The maximum Gasteiger partial charge on any atom is 0.254 e. The second-order valence-electron chi connectivity index (χ2n) is 3.95. The molecule has 0 saturated heterocycles. The Kier molecular flexibility index (Phi) is 3.62. The molecule has 3 N–H and O–H groups in total. The van der Waals surface area contributed by atoms with Crippen LogP contribution in [0.2, 0.25) is 0 Å². The molecule has 0 spiro atoms.